The van der Waals surface area contributed by atoms with Crippen molar-refractivity contribution in [2.75, 3.05) is 7.11 Å². The number of fused-ring (bicyclic) bond motifs is 2. The minimum absolute atomic E-state index is 0.130. The summed E-state index contributed by atoms with van der Waals surface area (Å²) in [6.07, 6.45) is 1.92. The largest absolute Gasteiger partial charge is 0.496 e. The third-order valence-electron chi connectivity index (χ3n) is 5.22. The highest BCUT2D eigenvalue weighted by Gasteiger charge is 2.32. The molecule has 0 fully saturated rings. The van der Waals surface area contributed by atoms with Gasteiger partial charge in [0, 0.05) is 5.56 Å². The van der Waals surface area contributed by atoms with Crippen LogP contribution in [0.3, 0.4) is 0 Å². The Balaban J connectivity index is 1.85. The van der Waals surface area contributed by atoms with Gasteiger partial charge in [-0.05, 0) is 83.1 Å². The molecule has 2 aromatic carbocycles. The van der Waals surface area contributed by atoms with Gasteiger partial charge >= 0.3 is 6.03 Å². The molecule has 26 heavy (non-hydrogen) atoms. The van der Waals surface area contributed by atoms with Crippen molar-refractivity contribution in [3.05, 3.63) is 68.2 Å². The molecule has 1 aliphatic heterocycles. The predicted octanol–water partition coefficient (Wildman–Crippen LogP) is 4.79. The lowest BCUT2D eigenvalue weighted by molar-refractivity contribution is 0.240. The number of urea groups is 1. The van der Waals surface area contributed by atoms with Gasteiger partial charge in [0.2, 0.25) is 0 Å². The number of rotatable bonds is 2. The fourth-order valence-corrected chi connectivity index (χ4v) is 4.62. The Morgan fingerprint density at radius 2 is 1.96 bits per heavy atom. The summed E-state index contributed by atoms with van der Waals surface area (Å²) >= 11 is 3.55. The van der Waals surface area contributed by atoms with Gasteiger partial charge in [-0.15, -0.1) is 0 Å². The molecule has 0 saturated heterocycles. The third kappa shape index (κ3) is 2.80. The molecule has 0 aromatic heterocycles. The first kappa shape index (κ1) is 17.2. The Kier molecular flexibility index (Phi) is 4.27. The first-order valence-electron chi connectivity index (χ1n) is 8.72. The van der Waals surface area contributed by atoms with Gasteiger partial charge in [0.25, 0.3) is 0 Å². The van der Waals surface area contributed by atoms with Crippen LogP contribution >= 0.6 is 15.9 Å². The van der Waals surface area contributed by atoms with Gasteiger partial charge in [0.15, 0.2) is 0 Å². The van der Waals surface area contributed by atoms with Crippen LogP contribution in [0, 0.1) is 13.8 Å². The lowest BCUT2D eigenvalue weighted by atomic mass is 9.80. The number of carbonyl (C=O) groups excluding carboxylic acids is 1. The van der Waals surface area contributed by atoms with Crippen molar-refractivity contribution in [3.63, 3.8) is 0 Å². The van der Waals surface area contributed by atoms with Crippen LogP contribution in [0.25, 0.3) is 5.70 Å². The lowest BCUT2D eigenvalue weighted by Gasteiger charge is -2.35. The van der Waals surface area contributed by atoms with E-state index in [1.807, 2.05) is 18.2 Å². The van der Waals surface area contributed by atoms with E-state index < -0.39 is 0 Å². The van der Waals surface area contributed by atoms with Crippen LogP contribution in [0.5, 0.6) is 5.75 Å². The van der Waals surface area contributed by atoms with Crippen LogP contribution in [0.4, 0.5) is 4.79 Å². The molecular weight excluding hydrogens is 392 g/mol. The molecule has 5 heteroatoms. The Hall–Kier alpha value is -2.27. The highest BCUT2D eigenvalue weighted by Crippen LogP contribution is 2.41. The number of amides is 2. The fourth-order valence-electron chi connectivity index (χ4n) is 4.06. The summed E-state index contributed by atoms with van der Waals surface area (Å²) in [7, 11) is 1.65. The van der Waals surface area contributed by atoms with E-state index in [2.05, 4.69) is 52.5 Å². The van der Waals surface area contributed by atoms with Crippen molar-refractivity contribution in [2.45, 2.75) is 32.7 Å². The first-order chi connectivity index (χ1) is 12.5. The summed E-state index contributed by atoms with van der Waals surface area (Å²) in [5.74, 6) is 0.781. The molecule has 0 radical (unpaired) electrons. The standard InChI is InChI=1S/C21H21BrN2O2/c1-11-8-12(2)14-5-6-15-19(13-4-7-18(26-3)17(22)10-13)23-21(25)24-20(15)16(14)9-11/h4,7-10,19H,5-6H2,1-3H3,(H2,23,24,25). The number of aryl methyl sites for hydroxylation is 2. The molecular formula is C21H21BrN2O2. The quantitative estimate of drug-likeness (QED) is 0.744. The maximum absolute atomic E-state index is 12.4. The molecule has 1 atom stereocenters. The predicted molar refractivity (Wildman–Crippen MR) is 106 cm³/mol. The van der Waals surface area contributed by atoms with Gasteiger partial charge in [-0.2, -0.15) is 0 Å². The van der Waals surface area contributed by atoms with Gasteiger partial charge in [-0.3, -0.25) is 0 Å². The number of hydrogen-bond acceptors (Lipinski definition) is 2. The number of methoxy groups -OCH3 is 1. The molecule has 2 N–H and O–H groups in total. The van der Waals surface area contributed by atoms with Crippen molar-refractivity contribution >= 4 is 27.7 Å². The Morgan fingerprint density at radius 1 is 1.15 bits per heavy atom. The second kappa shape index (κ2) is 6.47. The zero-order chi connectivity index (χ0) is 18.4. The number of halogens is 1. The maximum Gasteiger partial charge on any atom is 0.319 e. The molecule has 4 nitrogen and oxygen atoms in total. The van der Waals surface area contributed by atoms with E-state index in [4.69, 9.17) is 4.74 Å². The van der Waals surface area contributed by atoms with Gasteiger partial charge in [-0.1, -0.05) is 17.7 Å². The van der Waals surface area contributed by atoms with Gasteiger partial charge in [-0.25, -0.2) is 4.79 Å². The van der Waals surface area contributed by atoms with Crippen LogP contribution in [0.15, 0.2) is 40.4 Å². The number of hydrogen-bond donors (Lipinski definition) is 2. The average Bonchev–Trinajstić information content (AvgIpc) is 2.61. The van der Waals surface area contributed by atoms with Crippen molar-refractivity contribution in [3.8, 4) is 5.75 Å². The van der Waals surface area contributed by atoms with Crippen LogP contribution in [0.2, 0.25) is 0 Å². The van der Waals surface area contributed by atoms with Crippen LogP contribution in [-0.4, -0.2) is 13.1 Å². The van der Waals surface area contributed by atoms with Crippen molar-refractivity contribution in [2.24, 2.45) is 0 Å². The maximum atomic E-state index is 12.4. The zero-order valence-electron chi connectivity index (χ0n) is 15.1. The van der Waals surface area contributed by atoms with E-state index in [9.17, 15) is 4.79 Å². The molecule has 1 aliphatic carbocycles. The van der Waals surface area contributed by atoms with E-state index in [1.165, 1.54) is 22.3 Å². The molecule has 2 aliphatic rings. The zero-order valence-corrected chi connectivity index (χ0v) is 16.7. The van der Waals surface area contributed by atoms with Gasteiger partial charge in [0.1, 0.15) is 5.75 Å². The number of carbonyl (C=O) groups is 1. The van der Waals surface area contributed by atoms with E-state index in [1.54, 1.807) is 7.11 Å². The molecule has 134 valence electrons. The highest BCUT2D eigenvalue weighted by atomic mass is 79.9. The number of nitrogens with one attached hydrogen (secondary N) is 2. The van der Waals surface area contributed by atoms with E-state index >= 15 is 0 Å². The second-order valence-corrected chi connectivity index (χ2v) is 7.79. The molecule has 1 heterocycles. The molecule has 4 rings (SSSR count). The normalized spacial score (nSPS) is 18.6. The van der Waals surface area contributed by atoms with E-state index in [-0.39, 0.29) is 12.1 Å². The molecule has 2 amide bonds. The van der Waals surface area contributed by atoms with Gasteiger partial charge in [0.05, 0.1) is 23.3 Å². The Labute approximate surface area is 161 Å². The van der Waals surface area contributed by atoms with Crippen molar-refractivity contribution in [1.29, 1.82) is 0 Å². The molecule has 1 unspecified atom stereocenters. The van der Waals surface area contributed by atoms with Crippen molar-refractivity contribution in [1.82, 2.24) is 10.6 Å². The minimum Gasteiger partial charge on any atom is -0.496 e. The summed E-state index contributed by atoms with van der Waals surface area (Å²) in [5, 5.41) is 6.15. The number of ether oxygens (including phenoxy) is 1. The Morgan fingerprint density at radius 3 is 2.69 bits per heavy atom. The molecule has 0 spiro atoms. The molecule has 2 aromatic rings. The average molecular weight is 413 g/mol. The van der Waals surface area contributed by atoms with E-state index in [0.717, 1.165) is 39.9 Å². The van der Waals surface area contributed by atoms with Crippen LogP contribution < -0.4 is 15.4 Å². The summed E-state index contributed by atoms with van der Waals surface area (Å²) in [6.45, 7) is 4.25. The Bertz CT molecular complexity index is 949. The van der Waals surface area contributed by atoms with Gasteiger partial charge < -0.3 is 15.4 Å². The summed E-state index contributed by atoms with van der Waals surface area (Å²) in [5.41, 5.74) is 8.27. The second-order valence-electron chi connectivity index (χ2n) is 6.93. The molecule has 0 saturated carbocycles. The summed E-state index contributed by atoms with van der Waals surface area (Å²) in [6, 6.07) is 10.1. The fraction of sp³-hybridized carbons (Fsp3) is 0.286. The summed E-state index contributed by atoms with van der Waals surface area (Å²) < 4.78 is 6.21. The van der Waals surface area contributed by atoms with Crippen LogP contribution in [0.1, 0.15) is 40.3 Å². The monoisotopic (exact) mass is 412 g/mol. The lowest BCUT2D eigenvalue weighted by Crippen LogP contribution is -2.44. The van der Waals surface area contributed by atoms with Crippen molar-refractivity contribution < 1.29 is 9.53 Å². The first-order valence-corrected chi connectivity index (χ1v) is 9.51. The molecule has 0 bridgehead atoms. The third-order valence-corrected chi connectivity index (χ3v) is 5.84. The van der Waals surface area contributed by atoms with E-state index in [0.29, 0.717) is 0 Å². The highest BCUT2D eigenvalue weighted by molar-refractivity contribution is 9.10. The summed E-state index contributed by atoms with van der Waals surface area (Å²) in [4.78, 5) is 12.4. The topological polar surface area (TPSA) is 50.4 Å². The number of benzene rings is 2. The van der Waals surface area contributed by atoms with Crippen LogP contribution in [-0.2, 0) is 6.42 Å². The minimum atomic E-state index is -0.160. The smallest absolute Gasteiger partial charge is 0.319 e. The SMILES string of the molecule is COc1ccc(C2NC(=O)NC3=C2CCc2c(C)cc(C)cc23)cc1Br.